The van der Waals surface area contributed by atoms with Gasteiger partial charge in [-0.3, -0.25) is 14.9 Å². The first-order valence-electron chi connectivity index (χ1n) is 8.19. The van der Waals surface area contributed by atoms with Crippen LogP contribution in [0.5, 0.6) is 5.75 Å². The summed E-state index contributed by atoms with van der Waals surface area (Å²) in [5, 5.41) is 22.4. The summed E-state index contributed by atoms with van der Waals surface area (Å²) in [4.78, 5) is 22.7. The zero-order chi connectivity index (χ0) is 20.1. The molecule has 1 N–H and O–H groups in total. The highest BCUT2D eigenvalue weighted by molar-refractivity contribution is 7.99. The second kappa shape index (κ2) is 8.53. The Morgan fingerprint density at radius 3 is 2.79 bits per heavy atom. The van der Waals surface area contributed by atoms with Gasteiger partial charge in [0.1, 0.15) is 5.75 Å². The van der Waals surface area contributed by atoms with Crippen molar-refractivity contribution in [3.63, 3.8) is 0 Å². The van der Waals surface area contributed by atoms with E-state index in [0.29, 0.717) is 28.0 Å². The van der Waals surface area contributed by atoms with E-state index in [9.17, 15) is 14.9 Å². The number of nitrogens with zero attached hydrogens (tertiary/aromatic N) is 4. The Morgan fingerprint density at radius 1 is 1.25 bits per heavy atom. The van der Waals surface area contributed by atoms with Crippen LogP contribution in [0.25, 0.3) is 11.4 Å². The molecule has 0 atom stereocenters. The van der Waals surface area contributed by atoms with Gasteiger partial charge in [-0.1, -0.05) is 30.0 Å². The molecule has 3 rings (SSSR count). The Bertz CT molecular complexity index is 1020. The van der Waals surface area contributed by atoms with E-state index >= 15 is 0 Å². The first-order valence-corrected chi connectivity index (χ1v) is 9.17. The third-order valence-corrected chi connectivity index (χ3v) is 4.86. The fraction of sp³-hybridized carbons (Fsp3) is 0.167. The van der Waals surface area contributed by atoms with Crippen molar-refractivity contribution in [3.05, 3.63) is 58.6 Å². The highest BCUT2D eigenvalue weighted by atomic mass is 32.2. The van der Waals surface area contributed by atoms with Crippen molar-refractivity contribution in [1.29, 1.82) is 0 Å². The number of nitro groups is 1. The Labute approximate surface area is 164 Å². The minimum Gasteiger partial charge on any atom is -0.497 e. The van der Waals surface area contributed by atoms with Crippen LogP contribution in [0.2, 0.25) is 0 Å². The zero-order valence-electron chi connectivity index (χ0n) is 15.2. The molecule has 1 amide bonds. The Hall–Kier alpha value is -3.40. The number of aromatic nitrogens is 3. The number of rotatable bonds is 7. The molecule has 0 saturated heterocycles. The summed E-state index contributed by atoms with van der Waals surface area (Å²) in [5.74, 6) is 1.08. The fourth-order valence-electron chi connectivity index (χ4n) is 2.48. The Balaban J connectivity index is 1.66. The summed E-state index contributed by atoms with van der Waals surface area (Å²) in [6.45, 7) is 0. The SMILES string of the molecule is COc1cccc(NC(=O)CSc2nnc(-c3cccc([N+](=O)[O-])c3)n2C)c1. The molecule has 10 heteroatoms. The summed E-state index contributed by atoms with van der Waals surface area (Å²) in [6, 6.07) is 13.2. The monoisotopic (exact) mass is 399 g/mol. The van der Waals surface area contributed by atoms with Gasteiger partial charge >= 0.3 is 0 Å². The first-order chi connectivity index (χ1) is 13.5. The molecular weight excluding hydrogens is 382 g/mol. The lowest BCUT2D eigenvalue weighted by atomic mass is 10.2. The van der Waals surface area contributed by atoms with Crippen molar-refractivity contribution in [1.82, 2.24) is 14.8 Å². The number of amides is 1. The van der Waals surface area contributed by atoms with Crippen molar-refractivity contribution in [2.75, 3.05) is 18.2 Å². The molecule has 0 fully saturated rings. The van der Waals surface area contributed by atoms with Crippen molar-refractivity contribution in [2.45, 2.75) is 5.16 Å². The third kappa shape index (κ3) is 4.46. The number of benzene rings is 2. The molecule has 0 bridgehead atoms. The predicted octanol–water partition coefficient (Wildman–Crippen LogP) is 3.13. The number of thioether (sulfide) groups is 1. The molecule has 1 heterocycles. The van der Waals surface area contributed by atoms with E-state index < -0.39 is 4.92 Å². The third-order valence-electron chi connectivity index (χ3n) is 3.84. The van der Waals surface area contributed by atoms with Gasteiger partial charge in [-0.2, -0.15) is 0 Å². The summed E-state index contributed by atoms with van der Waals surface area (Å²) >= 11 is 1.22. The molecule has 2 aromatic carbocycles. The molecule has 0 unspecified atom stereocenters. The van der Waals surface area contributed by atoms with Crippen LogP contribution in [-0.2, 0) is 11.8 Å². The molecule has 0 aliphatic heterocycles. The normalized spacial score (nSPS) is 10.5. The van der Waals surface area contributed by atoms with Gasteiger partial charge in [0.05, 0.1) is 17.8 Å². The lowest BCUT2D eigenvalue weighted by Crippen LogP contribution is -2.14. The Morgan fingerprint density at radius 2 is 2.04 bits per heavy atom. The van der Waals surface area contributed by atoms with E-state index in [1.807, 2.05) is 0 Å². The molecular formula is C18H17N5O4S. The van der Waals surface area contributed by atoms with Crippen LogP contribution in [-0.4, -0.2) is 38.5 Å². The average molecular weight is 399 g/mol. The molecule has 1 aromatic heterocycles. The molecule has 0 aliphatic carbocycles. The molecule has 9 nitrogen and oxygen atoms in total. The highest BCUT2D eigenvalue weighted by Gasteiger charge is 2.15. The standard InChI is InChI=1S/C18H17N5O4S/c1-22-17(12-5-3-7-14(9-12)23(25)26)20-21-18(22)28-11-16(24)19-13-6-4-8-15(10-13)27-2/h3-10H,11H2,1-2H3,(H,19,24). The first kappa shape index (κ1) is 19.4. The van der Waals surface area contributed by atoms with Gasteiger partial charge in [0.2, 0.25) is 5.91 Å². The van der Waals surface area contributed by atoms with Gasteiger partial charge < -0.3 is 14.6 Å². The van der Waals surface area contributed by atoms with Crippen molar-refractivity contribution >= 4 is 29.0 Å². The quantitative estimate of drug-likeness (QED) is 0.369. The van der Waals surface area contributed by atoms with Crippen LogP contribution >= 0.6 is 11.8 Å². The minimum absolute atomic E-state index is 0.0210. The highest BCUT2D eigenvalue weighted by Crippen LogP contribution is 2.25. The lowest BCUT2D eigenvalue weighted by molar-refractivity contribution is -0.384. The van der Waals surface area contributed by atoms with E-state index in [2.05, 4.69) is 15.5 Å². The topological polar surface area (TPSA) is 112 Å². The van der Waals surface area contributed by atoms with Crippen molar-refractivity contribution in [3.8, 4) is 17.1 Å². The van der Waals surface area contributed by atoms with Crippen molar-refractivity contribution in [2.24, 2.45) is 7.05 Å². The largest absolute Gasteiger partial charge is 0.497 e. The second-order valence-corrected chi connectivity index (χ2v) is 6.68. The van der Waals surface area contributed by atoms with Gasteiger partial charge in [0, 0.05) is 36.5 Å². The number of methoxy groups -OCH3 is 1. The van der Waals surface area contributed by atoms with Crippen LogP contribution in [0, 0.1) is 10.1 Å². The summed E-state index contributed by atoms with van der Waals surface area (Å²) < 4.78 is 6.83. The number of hydrogen-bond acceptors (Lipinski definition) is 7. The predicted molar refractivity (Wildman–Crippen MR) is 105 cm³/mol. The van der Waals surface area contributed by atoms with E-state index in [1.54, 1.807) is 55.1 Å². The number of nitrogens with one attached hydrogen (secondary N) is 1. The number of ether oxygens (including phenoxy) is 1. The number of carbonyl (C=O) groups is 1. The molecule has 28 heavy (non-hydrogen) atoms. The lowest BCUT2D eigenvalue weighted by Gasteiger charge is -2.07. The average Bonchev–Trinajstić information content (AvgIpc) is 3.07. The van der Waals surface area contributed by atoms with Crippen LogP contribution in [0.15, 0.2) is 53.7 Å². The summed E-state index contributed by atoms with van der Waals surface area (Å²) in [6.07, 6.45) is 0. The zero-order valence-corrected chi connectivity index (χ0v) is 16.0. The van der Waals surface area contributed by atoms with Crippen LogP contribution < -0.4 is 10.1 Å². The summed E-state index contributed by atoms with van der Waals surface area (Å²) in [7, 11) is 3.31. The number of anilines is 1. The van der Waals surface area contributed by atoms with E-state index in [-0.39, 0.29) is 17.3 Å². The molecule has 0 radical (unpaired) electrons. The smallest absolute Gasteiger partial charge is 0.270 e. The molecule has 144 valence electrons. The fourth-order valence-corrected chi connectivity index (χ4v) is 3.19. The van der Waals surface area contributed by atoms with E-state index in [1.165, 1.54) is 23.9 Å². The second-order valence-electron chi connectivity index (χ2n) is 5.74. The van der Waals surface area contributed by atoms with Gasteiger partial charge in [-0.05, 0) is 12.1 Å². The van der Waals surface area contributed by atoms with Crippen molar-refractivity contribution < 1.29 is 14.5 Å². The van der Waals surface area contributed by atoms with Gasteiger partial charge in [-0.25, -0.2) is 0 Å². The van der Waals surface area contributed by atoms with Crippen LogP contribution in [0.1, 0.15) is 0 Å². The maximum Gasteiger partial charge on any atom is 0.270 e. The van der Waals surface area contributed by atoms with E-state index in [0.717, 1.165) is 0 Å². The number of hydrogen-bond donors (Lipinski definition) is 1. The summed E-state index contributed by atoms with van der Waals surface area (Å²) in [5.41, 5.74) is 1.20. The number of carbonyl (C=O) groups excluding carboxylic acids is 1. The molecule has 0 aliphatic rings. The number of non-ortho nitro benzene ring substituents is 1. The maximum atomic E-state index is 12.2. The van der Waals surface area contributed by atoms with Crippen LogP contribution in [0.3, 0.4) is 0 Å². The molecule has 3 aromatic rings. The van der Waals surface area contributed by atoms with Crippen LogP contribution in [0.4, 0.5) is 11.4 Å². The minimum atomic E-state index is -0.460. The van der Waals surface area contributed by atoms with Gasteiger partial charge in [0.15, 0.2) is 11.0 Å². The van der Waals surface area contributed by atoms with E-state index in [4.69, 9.17) is 4.74 Å². The molecule has 0 saturated carbocycles. The Kier molecular flexibility index (Phi) is 5.90. The van der Waals surface area contributed by atoms with Gasteiger partial charge in [-0.15, -0.1) is 10.2 Å². The number of nitro benzene ring substituents is 1. The maximum absolute atomic E-state index is 12.2. The molecule has 0 spiro atoms. The van der Waals surface area contributed by atoms with Gasteiger partial charge in [0.25, 0.3) is 5.69 Å².